The molecule has 1 aliphatic carbocycles. The first-order chi connectivity index (χ1) is 14.4. The monoisotopic (exact) mass is 436 g/mol. The Balaban J connectivity index is 1.79. The van der Waals surface area contributed by atoms with Gasteiger partial charge in [-0.15, -0.1) is 0 Å². The van der Waals surface area contributed by atoms with Crippen LogP contribution in [0.5, 0.6) is 0 Å². The number of hydrogen-bond acceptors (Lipinski definition) is 6. The number of nitrogens with one attached hydrogen (secondary N) is 1. The number of amides is 1. The zero-order valence-corrected chi connectivity index (χ0v) is 17.1. The lowest BCUT2D eigenvalue weighted by Gasteiger charge is -2.24. The van der Waals surface area contributed by atoms with Crippen molar-refractivity contribution in [2.24, 2.45) is 0 Å². The van der Waals surface area contributed by atoms with E-state index in [1.165, 1.54) is 16.8 Å². The Morgan fingerprint density at radius 1 is 1.20 bits per heavy atom. The summed E-state index contributed by atoms with van der Waals surface area (Å²) < 4.78 is 7.08. The average Bonchev–Trinajstić information content (AvgIpc) is 3.03. The number of carbonyl (C=O) groups is 1. The summed E-state index contributed by atoms with van der Waals surface area (Å²) in [5, 5.41) is 33.5. The molecule has 2 fully saturated rings. The van der Waals surface area contributed by atoms with Gasteiger partial charge in [0.25, 0.3) is 5.91 Å². The molecule has 30 heavy (non-hydrogen) atoms. The van der Waals surface area contributed by atoms with Crippen LogP contribution in [0, 0.1) is 0 Å². The quantitative estimate of drug-likeness (QED) is 0.573. The predicted molar refractivity (Wildman–Crippen MR) is 111 cm³/mol. The lowest BCUT2D eigenvalue weighted by atomic mass is 9.95. The van der Waals surface area contributed by atoms with Crippen LogP contribution in [0.3, 0.4) is 0 Å². The third-order valence-electron chi connectivity index (χ3n) is 5.97. The summed E-state index contributed by atoms with van der Waals surface area (Å²) in [5.41, 5.74) is -0.162. The van der Waals surface area contributed by atoms with Crippen molar-refractivity contribution >= 4 is 28.4 Å². The number of aliphatic hydroxyl groups is 3. The molecule has 1 saturated heterocycles. The topological polar surface area (TPSA) is 121 Å². The number of ether oxygens (including phenoxy) is 1. The maximum Gasteiger partial charge on any atom is 0.256 e. The normalized spacial score (nSPS) is 27.5. The smallest absolute Gasteiger partial charge is 0.256 e. The van der Waals surface area contributed by atoms with Crippen LogP contribution in [-0.2, 0) is 4.74 Å². The number of hydrogen-bond donors (Lipinski definition) is 4. The highest BCUT2D eigenvalue weighted by Crippen LogP contribution is 2.32. The SMILES string of the molecule is O=C(NC1CCCCC1)c1cn([C@@H]2O[C@H](CO)[C@@H](O)[C@H]2O)c2ccc(Cl)cc2c1=O. The number of aliphatic hydroxyl groups excluding tert-OH is 3. The van der Waals surface area contributed by atoms with E-state index < -0.39 is 42.5 Å². The fourth-order valence-corrected chi connectivity index (χ4v) is 4.49. The highest BCUT2D eigenvalue weighted by Gasteiger charge is 2.43. The number of pyridine rings is 1. The molecule has 1 saturated carbocycles. The van der Waals surface area contributed by atoms with Gasteiger partial charge >= 0.3 is 0 Å². The Morgan fingerprint density at radius 3 is 2.60 bits per heavy atom. The average molecular weight is 437 g/mol. The summed E-state index contributed by atoms with van der Waals surface area (Å²) in [7, 11) is 0. The van der Waals surface area contributed by atoms with Crippen molar-refractivity contribution < 1.29 is 24.9 Å². The fourth-order valence-electron chi connectivity index (χ4n) is 4.32. The summed E-state index contributed by atoms with van der Waals surface area (Å²) >= 11 is 6.09. The third-order valence-corrected chi connectivity index (χ3v) is 6.21. The first-order valence-corrected chi connectivity index (χ1v) is 10.6. The molecule has 1 aromatic carbocycles. The van der Waals surface area contributed by atoms with Gasteiger partial charge in [-0.05, 0) is 31.0 Å². The molecule has 4 N–H and O–H groups in total. The molecule has 2 heterocycles. The van der Waals surface area contributed by atoms with Gasteiger partial charge < -0.3 is 29.9 Å². The van der Waals surface area contributed by atoms with Gasteiger partial charge in [-0.1, -0.05) is 30.9 Å². The second-order valence-corrected chi connectivity index (χ2v) is 8.41. The van der Waals surface area contributed by atoms with Crippen LogP contribution in [0.4, 0.5) is 0 Å². The van der Waals surface area contributed by atoms with Gasteiger partial charge in [-0.2, -0.15) is 0 Å². The first kappa shape index (κ1) is 21.3. The Bertz CT molecular complexity index is 1000. The van der Waals surface area contributed by atoms with Crippen LogP contribution in [0.1, 0.15) is 48.7 Å². The van der Waals surface area contributed by atoms with Crippen molar-refractivity contribution in [2.75, 3.05) is 6.61 Å². The Labute approximate surface area is 178 Å². The van der Waals surface area contributed by atoms with Crippen molar-refractivity contribution in [3.05, 3.63) is 45.2 Å². The molecule has 8 nitrogen and oxygen atoms in total. The predicted octanol–water partition coefficient (Wildman–Crippen LogP) is 1.33. The minimum atomic E-state index is -1.35. The Hall–Kier alpha value is -1.97. The van der Waals surface area contributed by atoms with Gasteiger partial charge in [0.1, 0.15) is 23.9 Å². The molecule has 9 heteroatoms. The van der Waals surface area contributed by atoms with Crippen LogP contribution >= 0.6 is 11.6 Å². The van der Waals surface area contributed by atoms with E-state index in [0.29, 0.717) is 10.5 Å². The largest absolute Gasteiger partial charge is 0.394 e. The lowest BCUT2D eigenvalue weighted by molar-refractivity contribution is -0.0509. The first-order valence-electron chi connectivity index (χ1n) is 10.2. The summed E-state index contributed by atoms with van der Waals surface area (Å²) in [5.74, 6) is -0.491. The Morgan fingerprint density at radius 2 is 1.93 bits per heavy atom. The number of fused-ring (bicyclic) bond motifs is 1. The van der Waals surface area contributed by atoms with Crippen molar-refractivity contribution in [1.82, 2.24) is 9.88 Å². The molecule has 162 valence electrons. The summed E-state index contributed by atoms with van der Waals surface area (Å²) in [6, 6.07) is 4.66. The Kier molecular flexibility index (Phi) is 6.13. The summed E-state index contributed by atoms with van der Waals surface area (Å²) in [6.07, 6.45) is 1.57. The van der Waals surface area contributed by atoms with E-state index in [9.17, 15) is 24.9 Å². The molecule has 1 amide bonds. The summed E-state index contributed by atoms with van der Waals surface area (Å²) in [4.78, 5) is 26.0. The van der Waals surface area contributed by atoms with Gasteiger partial charge in [-0.3, -0.25) is 9.59 Å². The van der Waals surface area contributed by atoms with Gasteiger partial charge in [0.05, 0.1) is 12.1 Å². The van der Waals surface area contributed by atoms with E-state index in [0.717, 1.165) is 32.1 Å². The van der Waals surface area contributed by atoms with Crippen molar-refractivity contribution in [3.8, 4) is 0 Å². The molecule has 4 rings (SSSR count). The van der Waals surface area contributed by atoms with Gasteiger partial charge in [0.2, 0.25) is 5.43 Å². The molecule has 0 bridgehead atoms. The van der Waals surface area contributed by atoms with E-state index in [-0.39, 0.29) is 17.0 Å². The molecule has 2 aromatic rings. The molecule has 1 aromatic heterocycles. The zero-order valence-electron chi connectivity index (χ0n) is 16.3. The number of halogens is 1. The maximum atomic E-state index is 13.1. The molecule has 0 unspecified atom stereocenters. The van der Waals surface area contributed by atoms with Crippen LogP contribution in [0.25, 0.3) is 10.9 Å². The molecule has 1 aliphatic heterocycles. The highest BCUT2D eigenvalue weighted by molar-refractivity contribution is 6.31. The fraction of sp³-hybridized carbons (Fsp3) is 0.524. The number of rotatable bonds is 4. The standard InChI is InChI=1S/C21H25ClN2O6/c22-11-6-7-15-13(8-11)17(26)14(20(29)23-12-4-2-1-3-5-12)9-24(15)21-19(28)18(27)16(10-25)30-21/h6-9,12,16,18-19,21,25,27-28H,1-5,10H2,(H,23,29)/t16-,18-,19-,21-/m1/s1. The van der Waals surface area contributed by atoms with E-state index in [1.807, 2.05) is 0 Å². The minimum absolute atomic E-state index is 0.0167. The third kappa shape index (κ3) is 3.86. The van der Waals surface area contributed by atoms with E-state index >= 15 is 0 Å². The molecule has 2 aliphatic rings. The summed E-state index contributed by atoms with van der Waals surface area (Å²) in [6.45, 7) is -0.478. The lowest BCUT2D eigenvalue weighted by Crippen LogP contribution is -2.39. The molecule has 4 atom stereocenters. The highest BCUT2D eigenvalue weighted by atomic mass is 35.5. The molecule has 0 spiro atoms. The maximum absolute atomic E-state index is 13.1. The minimum Gasteiger partial charge on any atom is -0.394 e. The molecular weight excluding hydrogens is 412 g/mol. The van der Waals surface area contributed by atoms with Crippen LogP contribution in [-0.4, -0.2) is 56.8 Å². The van der Waals surface area contributed by atoms with E-state index in [4.69, 9.17) is 16.3 Å². The number of benzene rings is 1. The second-order valence-electron chi connectivity index (χ2n) is 7.98. The van der Waals surface area contributed by atoms with E-state index in [1.54, 1.807) is 12.1 Å². The van der Waals surface area contributed by atoms with E-state index in [2.05, 4.69) is 5.32 Å². The van der Waals surface area contributed by atoms with Crippen LogP contribution in [0.2, 0.25) is 5.02 Å². The van der Waals surface area contributed by atoms with Crippen molar-refractivity contribution in [1.29, 1.82) is 0 Å². The van der Waals surface area contributed by atoms with Gasteiger partial charge in [0.15, 0.2) is 6.23 Å². The van der Waals surface area contributed by atoms with Gasteiger partial charge in [0, 0.05) is 22.6 Å². The number of nitrogens with zero attached hydrogens (tertiary/aromatic N) is 1. The van der Waals surface area contributed by atoms with Crippen LogP contribution in [0.15, 0.2) is 29.2 Å². The number of aromatic nitrogens is 1. The second kappa shape index (κ2) is 8.64. The molecular formula is C21H25ClN2O6. The number of carbonyl (C=O) groups excluding carboxylic acids is 1. The van der Waals surface area contributed by atoms with Crippen molar-refractivity contribution in [2.45, 2.75) is 62.7 Å². The van der Waals surface area contributed by atoms with Gasteiger partial charge in [-0.25, -0.2) is 0 Å². The zero-order chi connectivity index (χ0) is 21.4. The van der Waals surface area contributed by atoms with Crippen LogP contribution < -0.4 is 10.7 Å². The van der Waals surface area contributed by atoms with Crippen molar-refractivity contribution in [3.63, 3.8) is 0 Å². The molecule has 0 radical (unpaired) electrons.